The van der Waals surface area contributed by atoms with E-state index in [1.807, 2.05) is 6.07 Å². The van der Waals surface area contributed by atoms with Crippen molar-refractivity contribution < 1.29 is 0 Å². The van der Waals surface area contributed by atoms with E-state index < -0.39 is 0 Å². The molecule has 16 heavy (non-hydrogen) atoms. The molecule has 0 amide bonds. The second kappa shape index (κ2) is 5.87. The normalized spacial score (nSPS) is 15.8. The summed E-state index contributed by atoms with van der Waals surface area (Å²) < 4.78 is 0. The van der Waals surface area contributed by atoms with Gasteiger partial charge in [-0.15, -0.1) is 12.4 Å². The number of benzene rings is 1. The minimum atomic E-state index is 0. The highest BCUT2D eigenvalue weighted by Gasteiger charge is 2.21. The molecule has 0 radical (unpaired) electrons. The van der Waals surface area contributed by atoms with Gasteiger partial charge in [0.05, 0.1) is 0 Å². The molecule has 0 spiro atoms. The Morgan fingerprint density at radius 3 is 2.62 bits per heavy atom. The number of nitrogens with zero attached hydrogens (tertiary/aromatic N) is 1. The van der Waals surface area contributed by atoms with Gasteiger partial charge in [-0.2, -0.15) is 0 Å². The molecule has 2 rings (SSSR count). The van der Waals surface area contributed by atoms with Gasteiger partial charge >= 0.3 is 0 Å². The van der Waals surface area contributed by atoms with Gasteiger partial charge in [0.25, 0.3) is 0 Å². The monoisotopic (exact) mass is 260 g/mol. The minimum absolute atomic E-state index is 0. The fraction of sp³-hybridized carbons (Fsp3) is 0.500. The molecule has 0 aliphatic carbocycles. The first-order valence-corrected chi connectivity index (χ1v) is 5.70. The Labute approximate surface area is 108 Å². The summed E-state index contributed by atoms with van der Waals surface area (Å²) in [5.41, 5.74) is 2.50. The first-order valence-electron chi connectivity index (χ1n) is 5.33. The smallest absolute Gasteiger partial charge is 0.0435 e. The summed E-state index contributed by atoms with van der Waals surface area (Å²) in [6.07, 6.45) is 0. The molecule has 0 saturated carbocycles. The SMILES string of the molecule is Cc1cc(CN(C)C2CNC2)ccc1Cl.Cl. The second-order valence-electron chi connectivity index (χ2n) is 4.31. The summed E-state index contributed by atoms with van der Waals surface area (Å²) in [5, 5.41) is 4.14. The topological polar surface area (TPSA) is 15.3 Å². The Kier molecular flexibility index (Phi) is 5.06. The number of aryl methyl sites for hydroxylation is 1. The van der Waals surface area contributed by atoms with Crippen LogP contribution in [0.15, 0.2) is 18.2 Å². The van der Waals surface area contributed by atoms with Crippen molar-refractivity contribution in [3.63, 3.8) is 0 Å². The molecule has 1 aliphatic rings. The van der Waals surface area contributed by atoms with Crippen molar-refractivity contribution in [3.05, 3.63) is 34.3 Å². The number of rotatable bonds is 3. The van der Waals surface area contributed by atoms with Crippen LogP contribution in [-0.2, 0) is 6.54 Å². The fourth-order valence-electron chi connectivity index (χ4n) is 1.81. The summed E-state index contributed by atoms with van der Waals surface area (Å²) in [5.74, 6) is 0. The standard InChI is InChI=1S/C12H17ClN2.ClH/c1-9-5-10(3-4-12(9)13)8-15(2)11-6-14-7-11;/h3-5,11,14H,6-8H2,1-2H3;1H. The van der Waals surface area contributed by atoms with E-state index in [2.05, 4.69) is 36.3 Å². The number of likely N-dealkylation sites (N-methyl/N-ethyl adjacent to an activating group) is 1. The molecule has 0 aromatic heterocycles. The molecule has 1 N–H and O–H groups in total. The Balaban J connectivity index is 0.00000128. The Morgan fingerprint density at radius 1 is 1.44 bits per heavy atom. The molecule has 1 heterocycles. The Bertz CT molecular complexity index is 351. The molecule has 2 nitrogen and oxygen atoms in total. The number of hydrogen-bond donors (Lipinski definition) is 1. The fourth-order valence-corrected chi connectivity index (χ4v) is 1.92. The molecule has 1 saturated heterocycles. The predicted octanol–water partition coefficient (Wildman–Crippen LogP) is 2.47. The third-order valence-corrected chi connectivity index (χ3v) is 3.46. The zero-order valence-corrected chi connectivity index (χ0v) is 11.2. The van der Waals surface area contributed by atoms with Gasteiger partial charge < -0.3 is 5.32 Å². The van der Waals surface area contributed by atoms with E-state index in [1.54, 1.807) is 0 Å². The minimum Gasteiger partial charge on any atom is -0.314 e. The molecule has 1 aromatic carbocycles. The van der Waals surface area contributed by atoms with Crippen molar-refractivity contribution in [1.29, 1.82) is 0 Å². The average Bonchev–Trinajstić information content (AvgIpc) is 2.08. The number of hydrogen-bond acceptors (Lipinski definition) is 2. The van der Waals surface area contributed by atoms with Crippen LogP contribution in [0.2, 0.25) is 5.02 Å². The molecule has 1 fully saturated rings. The van der Waals surface area contributed by atoms with Crippen molar-refractivity contribution in [2.45, 2.75) is 19.5 Å². The zero-order valence-electron chi connectivity index (χ0n) is 9.66. The lowest BCUT2D eigenvalue weighted by atomic mass is 10.1. The second-order valence-corrected chi connectivity index (χ2v) is 4.72. The lowest BCUT2D eigenvalue weighted by Crippen LogP contribution is -2.55. The van der Waals surface area contributed by atoms with E-state index in [0.29, 0.717) is 6.04 Å². The van der Waals surface area contributed by atoms with Crippen molar-refractivity contribution in [1.82, 2.24) is 10.2 Å². The molecule has 0 atom stereocenters. The van der Waals surface area contributed by atoms with Crippen LogP contribution in [0.3, 0.4) is 0 Å². The number of halogens is 2. The van der Waals surface area contributed by atoms with E-state index in [9.17, 15) is 0 Å². The highest BCUT2D eigenvalue weighted by atomic mass is 35.5. The van der Waals surface area contributed by atoms with Crippen LogP contribution in [0.4, 0.5) is 0 Å². The van der Waals surface area contributed by atoms with Crippen LogP contribution in [0.1, 0.15) is 11.1 Å². The van der Waals surface area contributed by atoms with Gasteiger partial charge in [-0.3, -0.25) is 4.90 Å². The van der Waals surface area contributed by atoms with Gasteiger partial charge in [0.1, 0.15) is 0 Å². The van der Waals surface area contributed by atoms with Crippen LogP contribution in [0.5, 0.6) is 0 Å². The van der Waals surface area contributed by atoms with Crippen molar-refractivity contribution in [3.8, 4) is 0 Å². The summed E-state index contributed by atoms with van der Waals surface area (Å²) in [6.45, 7) is 5.28. The van der Waals surface area contributed by atoms with Crippen molar-refractivity contribution in [2.24, 2.45) is 0 Å². The van der Waals surface area contributed by atoms with Crippen molar-refractivity contribution >= 4 is 24.0 Å². The first-order chi connectivity index (χ1) is 7.16. The lowest BCUT2D eigenvalue weighted by Gasteiger charge is -2.35. The summed E-state index contributed by atoms with van der Waals surface area (Å²) >= 11 is 5.99. The van der Waals surface area contributed by atoms with Gasteiger partial charge in [-0.05, 0) is 31.2 Å². The summed E-state index contributed by atoms with van der Waals surface area (Å²) in [4.78, 5) is 2.39. The first kappa shape index (κ1) is 13.8. The molecule has 1 aliphatic heterocycles. The lowest BCUT2D eigenvalue weighted by molar-refractivity contribution is 0.173. The van der Waals surface area contributed by atoms with E-state index in [-0.39, 0.29) is 12.4 Å². The van der Waals surface area contributed by atoms with Crippen LogP contribution in [-0.4, -0.2) is 31.1 Å². The molecule has 0 bridgehead atoms. The summed E-state index contributed by atoms with van der Waals surface area (Å²) in [7, 11) is 2.18. The molecule has 1 aromatic rings. The van der Waals surface area contributed by atoms with E-state index in [0.717, 1.165) is 30.2 Å². The third-order valence-electron chi connectivity index (χ3n) is 3.04. The predicted molar refractivity (Wildman–Crippen MR) is 71.6 cm³/mol. The van der Waals surface area contributed by atoms with Gasteiger partial charge in [0.15, 0.2) is 0 Å². The maximum Gasteiger partial charge on any atom is 0.0435 e. The van der Waals surface area contributed by atoms with Gasteiger partial charge in [-0.25, -0.2) is 0 Å². The Morgan fingerprint density at radius 2 is 2.12 bits per heavy atom. The highest BCUT2D eigenvalue weighted by Crippen LogP contribution is 2.18. The molecule has 4 heteroatoms. The van der Waals surface area contributed by atoms with E-state index in [1.165, 1.54) is 5.56 Å². The number of nitrogens with one attached hydrogen (secondary N) is 1. The van der Waals surface area contributed by atoms with Crippen molar-refractivity contribution in [2.75, 3.05) is 20.1 Å². The third kappa shape index (κ3) is 3.11. The highest BCUT2D eigenvalue weighted by molar-refractivity contribution is 6.31. The Hall–Kier alpha value is -0.280. The molecular formula is C12H18Cl2N2. The van der Waals surface area contributed by atoms with Crippen LogP contribution in [0, 0.1) is 6.92 Å². The van der Waals surface area contributed by atoms with Crippen LogP contribution in [0.25, 0.3) is 0 Å². The quantitative estimate of drug-likeness (QED) is 0.899. The van der Waals surface area contributed by atoms with Gasteiger partial charge in [-0.1, -0.05) is 23.7 Å². The maximum absolute atomic E-state index is 5.99. The molecular weight excluding hydrogens is 243 g/mol. The van der Waals surface area contributed by atoms with Gasteiger partial charge in [0.2, 0.25) is 0 Å². The van der Waals surface area contributed by atoms with E-state index in [4.69, 9.17) is 11.6 Å². The molecule has 0 unspecified atom stereocenters. The maximum atomic E-state index is 5.99. The van der Waals surface area contributed by atoms with Crippen LogP contribution < -0.4 is 5.32 Å². The van der Waals surface area contributed by atoms with Crippen LogP contribution >= 0.6 is 24.0 Å². The molecule has 90 valence electrons. The average molecular weight is 261 g/mol. The van der Waals surface area contributed by atoms with Gasteiger partial charge in [0, 0.05) is 30.7 Å². The van der Waals surface area contributed by atoms with E-state index >= 15 is 0 Å². The largest absolute Gasteiger partial charge is 0.314 e. The zero-order chi connectivity index (χ0) is 10.8. The summed E-state index contributed by atoms with van der Waals surface area (Å²) in [6, 6.07) is 6.96.